The Balaban J connectivity index is 2.44. The zero-order valence-corrected chi connectivity index (χ0v) is 8.45. The molecule has 0 saturated heterocycles. The minimum absolute atomic E-state index is 0.105. The van der Waals surface area contributed by atoms with Crippen LogP contribution in [0.3, 0.4) is 0 Å². The maximum absolute atomic E-state index is 11.1. The molecule has 0 bridgehead atoms. The molecule has 1 amide bonds. The molecule has 0 aliphatic rings. The van der Waals surface area contributed by atoms with E-state index in [4.69, 9.17) is 0 Å². The molecule has 0 spiro atoms. The highest BCUT2D eigenvalue weighted by Crippen LogP contribution is 1.94. The lowest BCUT2D eigenvalue weighted by molar-refractivity contribution is -0.120. The number of nitrogens with one attached hydrogen (secondary N) is 1. The molecule has 0 aliphatic heterocycles. The van der Waals surface area contributed by atoms with Gasteiger partial charge < -0.3 is 9.88 Å². The Labute approximate surface area is 81.9 Å². The number of hydrogen-bond donors (Lipinski definition) is 2. The number of nitrogens with zero attached hydrogens (tertiary/aromatic N) is 3. The molecule has 0 saturated carbocycles. The second-order valence-electron chi connectivity index (χ2n) is 2.75. The average molecular weight is 200 g/mol. The van der Waals surface area contributed by atoms with E-state index in [-0.39, 0.29) is 11.2 Å². The second kappa shape index (κ2) is 4.27. The summed E-state index contributed by atoms with van der Waals surface area (Å²) in [5, 5.41) is 9.90. The Kier molecular flexibility index (Phi) is 3.30. The van der Waals surface area contributed by atoms with Crippen molar-refractivity contribution in [2.24, 2.45) is 7.05 Å². The van der Waals surface area contributed by atoms with Crippen LogP contribution in [-0.4, -0.2) is 25.9 Å². The van der Waals surface area contributed by atoms with Crippen LogP contribution >= 0.6 is 12.6 Å². The third-order valence-corrected chi connectivity index (χ3v) is 1.84. The monoisotopic (exact) mass is 200 g/mol. The molecule has 13 heavy (non-hydrogen) atoms. The highest BCUT2D eigenvalue weighted by Gasteiger charge is 2.08. The summed E-state index contributed by atoms with van der Waals surface area (Å²) in [6.45, 7) is 2.11. The van der Waals surface area contributed by atoms with Crippen molar-refractivity contribution in [1.29, 1.82) is 0 Å². The SMILES string of the molecule is CC(S)C(=O)NCc1nncn1C. The standard InChI is InChI=1S/C7H12N4OS/c1-5(13)7(12)8-3-6-10-9-4-11(6)2/h4-5,13H,3H2,1-2H3,(H,8,12). The van der Waals surface area contributed by atoms with Crippen molar-refractivity contribution in [3.05, 3.63) is 12.2 Å². The average Bonchev–Trinajstić information content (AvgIpc) is 2.47. The largest absolute Gasteiger partial charge is 0.348 e. The number of amides is 1. The first kappa shape index (κ1) is 10.0. The van der Waals surface area contributed by atoms with Crippen molar-refractivity contribution in [2.45, 2.75) is 18.7 Å². The van der Waals surface area contributed by atoms with Crippen LogP contribution in [0.15, 0.2) is 6.33 Å². The normalized spacial score (nSPS) is 12.5. The van der Waals surface area contributed by atoms with Crippen molar-refractivity contribution in [3.63, 3.8) is 0 Å². The van der Waals surface area contributed by atoms with Crippen molar-refractivity contribution in [1.82, 2.24) is 20.1 Å². The molecule has 1 aromatic rings. The van der Waals surface area contributed by atoms with E-state index in [1.165, 1.54) is 0 Å². The summed E-state index contributed by atoms with van der Waals surface area (Å²) in [6.07, 6.45) is 1.59. The van der Waals surface area contributed by atoms with Gasteiger partial charge in [0.15, 0.2) is 5.82 Å². The van der Waals surface area contributed by atoms with E-state index in [2.05, 4.69) is 28.1 Å². The minimum Gasteiger partial charge on any atom is -0.348 e. The van der Waals surface area contributed by atoms with Crippen LogP contribution in [0.4, 0.5) is 0 Å². The van der Waals surface area contributed by atoms with Crippen molar-refractivity contribution in [2.75, 3.05) is 0 Å². The van der Waals surface area contributed by atoms with Gasteiger partial charge in [-0.25, -0.2) is 0 Å². The highest BCUT2D eigenvalue weighted by molar-refractivity contribution is 7.81. The minimum atomic E-state index is -0.298. The van der Waals surface area contributed by atoms with Gasteiger partial charge in [0.25, 0.3) is 0 Å². The van der Waals surface area contributed by atoms with E-state index in [1.807, 2.05) is 7.05 Å². The molecule has 1 unspecified atom stereocenters. The number of aryl methyl sites for hydroxylation is 1. The molecular weight excluding hydrogens is 188 g/mol. The van der Waals surface area contributed by atoms with Gasteiger partial charge in [-0.1, -0.05) is 0 Å². The summed E-state index contributed by atoms with van der Waals surface area (Å²) >= 11 is 4.00. The van der Waals surface area contributed by atoms with Crippen molar-refractivity contribution in [3.8, 4) is 0 Å². The molecule has 1 rings (SSSR count). The first-order valence-electron chi connectivity index (χ1n) is 3.90. The molecule has 1 atom stereocenters. The lowest BCUT2D eigenvalue weighted by Gasteiger charge is -2.05. The molecule has 1 N–H and O–H groups in total. The zero-order valence-electron chi connectivity index (χ0n) is 7.56. The first-order chi connectivity index (χ1) is 6.11. The predicted molar refractivity (Wildman–Crippen MR) is 51.3 cm³/mol. The molecule has 1 aromatic heterocycles. The number of rotatable bonds is 3. The van der Waals surface area contributed by atoms with E-state index in [9.17, 15) is 4.79 Å². The Bertz CT molecular complexity index is 296. The fourth-order valence-electron chi connectivity index (χ4n) is 0.781. The van der Waals surface area contributed by atoms with Gasteiger partial charge in [-0.15, -0.1) is 10.2 Å². The Morgan fingerprint density at radius 3 is 3.00 bits per heavy atom. The van der Waals surface area contributed by atoms with Gasteiger partial charge in [0.05, 0.1) is 11.8 Å². The van der Waals surface area contributed by atoms with Crippen LogP contribution in [0.1, 0.15) is 12.7 Å². The van der Waals surface area contributed by atoms with Gasteiger partial charge in [0, 0.05) is 7.05 Å². The molecule has 0 aliphatic carbocycles. The van der Waals surface area contributed by atoms with Gasteiger partial charge >= 0.3 is 0 Å². The molecule has 0 radical (unpaired) electrons. The van der Waals surface area contributed by atoms with Crippen LogP contribution in [-0.2, 0) is 18.4 Å². The summed E-state index contributed by atoms with van der Waals surface area (Å²) in [5.74, 6) is 0.619. The zero-order chi connectivity index (χ0) is 9.84. The molecule has 0 fully saturated rings. The number of hydrogen-bond acceptors (Lipinski definition) is 4. The third kappa shape index (κ3) is 2.73. The van der Waals surface area contributed by atoms with Crippen molar-refractivity contribution < 1.29 is 4.79 Å². The van der Waals surface area contributed by atoms with E-state index >= 15 is 0 Å². The topological polar surface area (TPSA) is 59.8 Å². The van der Waals surface area contributed by atoms with Gasteiger partial charge in [-0.05, 0) is 6.92 Å². The summed E-state index contributed by atoms with van der Waals surface area (Å²) < 4.78 is 1.75. The Morgan fingerprint density at radius 1 is 1.85 bits per heavy atom. The number of aromatic nitrogens is 3. The molecule has 72 valence electrons. The maximum Gasteiger partial charge on any atom is 0.232 e. The Hall–Kier alpha value is -1.04. The molecule has 5 nitrogen and oxygen atoms in total. The number of thiol groups is 1. The van der Waals surface area contributed by atoms with Crippen LogP contribution in [0.25, 0.3) is 0 Å². The Morgan fingerprint density at radius 2 is 2.54 bits per heavy atom. The lowest BCUT2D eigenvalue weighted by atomic mass is 10.4. The summed E-state index contributed by atoms with van der Waals surface area (Å²) in [7, 11) is 1.83. The smallest absolute Gasteiger partial charge is 0.232 e. The van der Waals surface area contributed by atoms with Gasteiger partial charge in [0.2, 0.25) is 5.91 Å². The summed E-state index contributed by atoms with van der Waals surface area (Å²) in [4.78, 5) is 11.1. The van der Waals surface area contributed by atoms with Gasteiger partial charge in [0.1, 0.15) is 6.33 Å². The second-order valence-corrected chi connectivity index (χ2v) is 3.53. The van der Waals surface area contributed by atoms with Crippen LogP contribution in [0.5, 0.6) is 0 Å². The first-order valence-corrected chi connectivity index (χ1v) is 4.41. The predicted octanol–water partition coefficient (Wildman–Crippen LogP) is -0.250. The maximum atomic E-state index is 11.1. The molecule has 6 heteroatoms. The fourth-order valence-corrected chi connectivity index (χ4v) is 0.872. The van der Waals surface area contributed by atoms with Crippen LogP contribution in [0.2, 0.25) is 0 Å². The third-order valence-electron chi connectivity index (χ3n) is 1.61. The number of carbonyl (C=O) groups is 1. The summed E-state index contributed by atoms with van der Waals surface area (Å²) in [5.41, 5.74) is 0. The molecular formula is C7H12N4OS. The van der Waals surface area contributed by atoms with Crippen LogP contribution in [0, 0.1) is 0 Å². The van der Waals surface area contributed by atoms with E-state index < -0.39 is 0 Å². The van der Waals surface area contributed by atoms with Crippen LogP contribution < -0.4 is 5.32 Å². The fraction of sp³-hybridized carbons (Fsp3) is 0.571. The van der Waals surface area contributed by atoms with E-state index in [0.717, 1.165) is 5.82 Å². The quantitative estimate of drug-likeness (QED) is 0.661. The molecule has 1 heterocycles. The van der Waals surface area contributed by atoms with Gasteiger partial charge in [-0.2, -0.15) is 12.6 Å². The number of carbonyl (C=O) groups excluding carboxylic acids is 1. The van der Waals surface area contributed by atoms with Gasteiger partial charge in [-0.3, -0.25) is 4.79 Å². The highest BCUT2D eigenvalue weighted by atomic mass is 32.1. The van der Waals surface area contributed by atoms with Crippen molar-refractivity contribution >= 4 is 18.5 Å². The van der Waals surface area contributed by atoms with E-state index in [0.29, 0.717) is 6.54 Å². The van der Waals surface area contributed by atoms with E-state index in [1.54, 1.807) is 17.8 Å². The summed E-state index contributed by atoms with van der Waals surface area (Å²) in [6, 6.07) is 0. The molecule has 0 aromatic carbocycles. The lowest BCUT2D eigenvalue weighted by Crippen LogP contribution is -2.30.